The van der Waals surface area contributed by atoms with Crippen LogP contribution in [0.3, 0.4) is 0 Å². The Hall–Kier alpha value is -1.92. The molecule has 2 aromatic rings. The zero-order valence-electron chi connectivity index (χ0n) is 14.0. The Morgan fingerprint density at radius 3 is 2.88 bits per heavy atom. The highest BCUT2D eigenvalue weighted by Gasteiger charge is 2.25. The Morgan fingerprint density at radius 1 is 1.38 bits per heavy atom. The minimum Gasteiger partial charge on any atom is -0.373 e. The summed E-state index contributed by atoms with van der Waals surface area (Å²) in [5.74, 6) is 0. The molecule has 1 aliphatic heterocycles. The van der Waals surface area contributed by atoms with Crippen LogP contribution in [0.25, 0.3) is 0 Å². The van der Waals surface area contributed by atoms with Crippen LogP contribution in [-0.2, 0) is 4.74 Å². The molecule has 0 radical (unpaired) electrons. The number of nitrogens with one attached hydrogen (secondary N) is 2. The fourth-order valence-corrected chi connectivity index (χ4v) is 3.69. The summed E-state index contributed by atoms with van der Waals surface area (Å²) in [6.07, 6.45) is 1.67. The second-order valence-electron chi connectivity index (χ2n) is 6.16. The molecule has 1 aromatic heterocycles. The number of benzene rings is 1. The summed E-state index contributed by atoms with van der Waals surface area (Å²) in [5.41, 5.74) is 2.15. The van der Waals surface area contributed by atoms with E-state index in [9.17, 15) is 4.79 Å². The molecule has 3 rings (SSSR count). The van der Waals surface area contributed by atoms with E-state index in [0.29, 0.717) is 6.61 Å². The van der Waals surface area contributed by atoms with Crippen LogP contribution in [0.4, 0.5) is 4.79 Å². The number of rotatable bonds is 4. The molecule has 1 aliphatic rings. The van der Waals surface area contributed by atoms with Gasteiger partial charge in [-0.15, -0.1) is 11.3 Å². The molecular formula is C18H23N3O2S. The first kappa shape index (κ1) is 16.9. The second-order valence-corrected chi connectivity index (χ2v) is 7.05. The van der Waals surface area contributed by atoms with E-state index in [0.717, 1.165) is 29.1 Å². The van der Waals surface area contributed by atoms with E-state index in [4.69, 9.17) is 4.74 Å². The van der Waals surface area contributed by atoms with Crippen LogP contribution in [-0.4, -0.2) is 23.7 Å². The summed E-state index contributed by atoms with van der Waals surface area (Å²) in [5, 5.41) is 8.96. The van der Waals surface area contributed by atoms with Crippen molar-refractivity contribution in [3.8, 4) is 0 Å². The molecule has 1 aromatic carbocycles. The van der Waals surface area contributed by atoms with Crippen LogP contribution in [0.2, 0.25) is 0 Å². The summed E-state index contributed by atoms with van der Waals surface area (Å²) in [6.45, 7) is 4.57. The summed E-state index contributed by atoms with van der Waals surface area (Å²) in [4.78, 5) is 16.7. The van der Waals surface area contributed by atoms with Crippen LogP contribution >= 0.6 is 11.3 Å². The molecule has 0 unspecified atom stereocenters. The third-order valence-corrected chi connectivity index (χ3v) is 5.29. The monoisotopic (exact) mass is 345 g/mol. The lowest BCUT2D eigenvalue weighted by molar-refractivity contribution is 0.00222. The molecule has 1 fully saturated rings. The molecule has 0 saturated carbocycles. The van der Waals surface area contributed by atoms with E-state index < -0.39 is 0 Å². The molecule has 1 saturated heterocycles. The van der Waals surface area contributed by atoms with Crippen molar-refractivity contribution < 1.29 is 9.53 Å². The highest BCUT2D eigenvalue weighted by Crippen LogP contribution is 2.28. The van der Waals surface area contributed by atoms with E-state index in [1.54, 1.807) is 11.3 Å². The number of nitrogens with zero attached hydrogens (tertiary/aromatic N) is 1. The third kappa shape index (κ3) is 4.33. The normalized spacial score (nSPS) is 21.9. The smallest absolute Gasteiger partial charge is 0.315 e. The topological polar surface area (TPSA) is 63.2 Å². The van der Waals surface area contributed by atoms with Crippen LogP contribution in [0.1, 0.15) is 48.2 Å². The molecular weight excluding hydrogens is 322 g/mol. The number of aromatic nitrogens is 1. The number of aryl methyl sites for hydroxylation is 1. The lowest BCUT2D eigenvalue weighted by atomic mass is 9.97. The average Bonchev–Trinajstić information content (AvgIpc) is 3.02. The third-order valence-electron chi connectivity index (χ3n) is 4.15. The SMILES string of the molecule is Cc1csc([C@H](C)NC(=O)N[C@@H]2CCO[C@@H](c3ccccc3)C2)n1. The molecule has 2 heterocycles. The highest BCUT2D eigenvalue weighted by atomic mass is 32.1. The Labute approximate surface area is 146 Å². The number of ether oxygens (including phenoxy) is 1. The van der Waals surface area contributed by atoms with Gasteiger partial charge in [-0.25, -0.2) is 9.78 Å². The van der Waals surface area contributed by atoms with Crippen molar-refractivity contribution in [2.24, 2.45) is 0 Å². The lowest BCUT2D eigenvalue weighted by Crippen LogP contribution is -2.45. The highest BCUT2D eigenvalue weighted by molar-refractivity contribution is 7.09. The molecule has 0 bridgehead atoms. The van der Waals surface area contributed by atoms with E-state index in [-0.39, 0.29) is 24.2 Å². The van der Waals surface area contributed by atoms with Gasteiger partial charge in [0, 0.05) is 23.7 Å². The predicted molar refractivity (Wildman–Crippen MR) is 95.1 cm³/mol. The molecule has 24 heavy (non-hydrogen) atoms. The van der Waals surface area contributed by atoms with Gasteiger partial charge in [0.25, 0.3) is 0 Å². The van der Waals surface area contributed by atoms with Crippen molar-refractivity contribution in [2.45, 2.75) is 44.9 Å². The van der Waals surface area contributed by atoms with Crippen LogP contribution in [0.15, 0.2) is 35.7 Å². The minimum absolute atomic E-state index is 0.0456. The van der Waals surface area contributed by atoms with Crippen molar-refractivity contribution in [2.75, 3.05) is 6.61 Å². The molecule has 128 valence electrons. The first-order valence-corrected chi connectivity index (χ1v) is 9.15. The quantitative estimate of drug-likeness (QED) is 0.887. The van der Waals surface area contributed by atoms with E-state index >= 15 is 0 Å². The fourth-order valence-electron chi connectivity index (χ4n) is 2.88. The number of urea groups is 1. The van der Waals surface area contributed by atoms with Crippen molar-refractivity contribution in [3.05, 3.63) is 52.0 Å². The minimum atomic E-state index is -0.144. The van der Waals surface area contributed by atoms with Crippen LogP contribution < -0.4 is 10.6 Å². The van der Waals surface area contributed by atoms with E-state index in [2.05, 4.69) is 27.8 Å². The molecule has 3 atom stereocenters. The van der Waals surface area contributed by atoms with Gasteiger partial charge in [-0.05, 0) is 32.3 Å². The number of thiazole rings is 1. The first-order chi connectivity index (χ1) is 11.6. The molecule has 0 spiro atoms. The van der Waals surface area contributed by atoms with Crippen molar-refractivity contribution >= 4 is 17.4 Å². The molecule has 2 amide bonds. The van der Waals surface area contributed by atoms with Crippen molar-refractivity contribution in [1.29, 1.82) is 0 Å². The van der Waals surface area contributed by atoms with Gasteiger partial charge < -0.3 is 15.4 Å². The summed E-state index contributed by atoms with van der Waals surface area (Å²) >= 11 is 1.57. The number of amides is 2. The predicted octanol–water partition coefficient (Wildman–Crippen LogP) is 3.73. The van der Waals surface area contributed by atoms with Gasteiger partial charge in [-0.2, -0.15) is 0 Å². The maximum absolute atomic E-state index is 12.3. The molecule has 6 heteroatoms. The Morgan fingerprint density at radius 2 is 2.17 bits per heavy atom. The Kier molecular flexibility index (Phi) is 5.48. The number of hydrogen-bond donors (Lipinski definition) is 2. The van der Waals surface area contributed by atoms with Gasteiger partial charge in [0.1, 0.15) is 5.01 Å². The first-order valence-electron chi connectivity index (χ1n) is 8.27. The average molecular weight is 345 g/mol. The maximum atomic E-state index is 12.3. The number of hydrogen-bond acceptors (Lipinski definition) is 4. The molecule has 5 nitrogen and oxygen atoms in total. The zero-order chi connectivity index (χ0) is 16.9. The lowest BCUT2D eigenvalue weighted by Gasteiger charge is -2.30. The summed E-state index contributed by atoms with van der Waals surface area (Å²) in [7, 11) is 0. The van der Waals surface area contributed by atoms with Gasteiger partial charge >= 0.3 is 6.03 Å². The number of carbonyl (C=O) groups excluding carboxylic acids is 1. The fraction of sp³-hybridized carbons (Fsp3) is 0.444. The second kappa shape index (κ2) is 7.77. The molecule has 0 aliphatic carbocycles. The molecule has 2 N–H and O–H groups in total. The Balaban J connectivity index is 1.52. The summed E-state index contributed by atoms with van der Waals surface area (Å²) in [6, 6.07) is 10.0. The standard InChI is InChI=1S/C18H23N3O2S/c1-12-11-24-17(19-12)13(2)20-18(22)21-15-8-9-23-16(10-15)14-6-4-3-5-7-14/h3-7,11,13,15-16H,8-10H2,1-2H3,(H2,20,21,22)/t13-,15+,16+/m0/s1. The maximum Gasteiger partial charge on any atom is 0.315 e. The van der Waals surface area contributed by atoms with Crippen LogP contribution in [0, 0.1) is 6.92 Å². The van der Waals surface area contributed by atoms with Crippen molar-refractivity contribution in [3.63, 3.8) is 0 Å². The van der Waals surface area contributed by atoms with Gasteiger partial charge in [-0.1, -0.05) is 30.3 Å². The van der Waals surface area contributed by atoms with Gasteiger partial charge in [0.05, 0.1) is 12.1 Å². The van der Waals surface area contributed by atoms with E-state index in [1.165, 1.54) is 0 Å². The van der Waals surface area contributed by atoms with Gasteiger partial charge in [0.15, 0.2) is 0 Å². The van der Waals surface area contributed by atoms with Gasteiger partial charge in [0.2, 0.25) is 0 Å². The number of carbonyl (C=O) groups is 1. The largest absolute Gasteiger partial charge is 0.373 e. The van der Waals surface area contributed by atoms with Crippen LogP contribution in [0.5, 0.6) is 0 Å². The Bertz CT molecular complexity index is 674. The van der Waals surface area contributed by atoms with Crippen molar-refractivity contribution in [1.82, 2.24) is 15.6 Å². The van der Waals surface area contributed by atoms with E-state index in [1.807, 2.05) is 37.4 Å². The summed E-state index contributed by atoms with van der Waals surface area (Å²) < 4.78 is 5.85. The van der Waals surface area contributed by atoms with Gasteiger partial charge in [-0.3, -0.25) is 0 Å². The zero-order valence-corrected chi connectivity index (χ0v) is 14.8.